The molecule has 0 saturated carbocycles. The summed E-state index contributed by atoms with van der Waals surface area (Å²) in [7, 11) is 0. The van der Waals surface area contributed by atoms with Crippen LogP contribution >= 0.6 is 11.5 Å². The van der Waals surface area contributed by atoms with Crippen molar-refractivity contribution in [1.29, 1.82) is 0 Å². The number of hydrogen-bond donors (Lipinski definition) is 2. The standard InChI is InChI=1S/C39H44N10O7S/c1-22-13-26(57-44-22)15-29-33(34(40)51)41-16-31(42-29)47-10-2-3-25(18-47)48-21-39(56-38(48)55)19-45(20-39)17-23-8-11-46(12-9-23)24-4-5-27-28(14-24)37(54)49(36(27)53)30-6-7-32(50)43-35(30)52/h4-5,13-14,16,23,25,30H,2-3,6-12,15,17-21H2,1H3,(H2,40,51)(H,43,50,52)/t25-,30?/m1/s1. The highest BCUT2D eigenvalue weighted by Crippen LogP contribution is 2.37. The maximum absolute atomic E-state index is 13.3. The van der Waals surface area contributed by atoms with Crippen LogP contribution in [-0.2, 0) is 20.7 Å². The fourth-order valence-electron chi connectivity index (χ4n) is 9.37. The lowest BCUT2D eigenvalue weighted by Gasteiger charge is -2.48. The van der Waals surface area contributed by atoms with Crippen molar-refractivity contribution in [3.05, 3.63) is 63.5 Å². The van der Waals surface area contributed by atoms with Gasteiger partial charge in [0, 0.05) is 69.2 Å². The van der Waals surface area contributed by atoms with Crippen LogP contribution in [0.5, 0.6) is 0 Å². The van der Waals surface area contributed by atoms with Crippen LogP contribution in [0.15, 0.2) is 30.5 Å². The van der Waals surface area contributed by atoms with Crippen LogP contribution < -0.4 is 20.9 Å². The van der Waals surface area contributed by atoms with Gasteiger partial charge in [0.1, 0.15) is 17.6 Å². The molecule has 3 aromatic rings. The molecular weight excluding hydrogens is 753 g/mol. The van der Waals surface area contributed by atoms with Gasteiger partial charge in [-0.2, -0.15) is 4.37 Å². The van der Waals surface area contributed by atoms with Crippen LogP contribution in [0.4, 0.5) is 16.3 Å². The highest BCUT2D eigenvalue weighted by atomic mass is 32.1. The third kappa shape index (κ3) is 6.98. The van der Waals surface area contributed by atoms with E-state index < -0.39 is 41.2 Å². The lowest BCUT2D eigenvalue weighted by Crippen LogP contribution is -2.65. The lowest BCUT2D eigenvalue weighted by molar-refractivity contribution is -0.136. The summed E-state index contributed by atoms with van der Waals surface area (Å²) in [5, 5.41) is 2.24. The van der Waals surface area contributed by atoms with Gasteiger partial charge in [-0.05, 0) is 80.7 Å². The predicted molar refractivity (Wildman–Crippen MR) is 206 cm³/mol. The second kappa shape index (κ2) is 14.5. The van der Waals surface area contributed by atoms with Gasteiger partial charge in [0.25, 0.3) is 17.7 Å². The van der Waals surface area contributed by atoms with Gasteiger partial charge in [-0.25, -0.2) is 14.8 Å². The number of imide groups is 2. The zero-order valence-electron chi connectivity index (χ0n) is 31.6. The number of amides is 6. The Morgan fingerprint density at radius 3 is 2.51 bits per heavy atom. The summed E-state index contributed by atoms with van der Waals surface area (Å²) in [4.78, 5) is 95.8. The molecule has 298 valence electrons. The molecule has 2 atom stereocenters. The van der Waals surface area contributed by atoms with Gasteiger partial charge < -0.3 is 20.3 Å². The van der Waals surface area contributed by atoms with Crippen LogP contribution in [-0.4, -0.2) is 135 Å². The van der Waals surface area contributed by atoms with Crippen LogP contribution in [0.2, 0.25) is 0 Å². The van der Waals surface area contributed by atoms with E-state index in [4.69, 9.17) is 15.5 Å². The maximum Gasteiger partial charge on any atom is 0.410 e. The SMILES string of the molecule is Cc1cc(Cc2nc(N3CCC[C@@H](N4CC5(CN(CC6CCN(c7ccc8c(c7)C(=O)N(C7CCC(=O)NC7=O)C8=O)CC6)C5)OC4=O)C3)cnc2C(N)=O)sn1. The number of carbonyl (C=O) groups excluding carboxylic acids is 6. The molecule has 1 unspecified atom stereocenters. The summed E-state index contributed by atoms with van der Waals surface area (Å²) in [6.45, 7) is 7.69. The normalized spacial score (nSPS) is 23.9. The van der Waals surface area contributed by atoms with E-state index >= 15 is 0 Å². The van der Waals surface area contributed by atoms with Crippen LogP contribution in [0.25, 0.3) is 0 Å². The van der Waals surface area contributed by atoms with E-state index in [1.54, 1.807) is 18.3 Å². The van der Waals surface area contributed by atoms with E-state index in [0.717, 1.165) is 73.0 Å². The van der Waals surface area contributed by atoms with Crippen molar-refractivity contribution in [3.63, 3.8) is 0 Å². The Kier molecular flexibility index (Phi) is 9.42. The molecule has 6 amide bonds. The first-order valence-corrected chi connectivity index (χ1v) is 20.4. The number of nitrogens with two attached hydrogens (primary N) is 1. The monoisotopic (exact) mass is 796 g/mol. The molecule has 3 N–H and O–H groups in total. The molecule has 1 aromatic carbocycles. The highest BCUT2D eigenvalue weighted by Gasteiger charge is 2.55. The largest absolute Gasteiger partial charge is 0.438 e. The number of aryl methyl sites for hydroxylation is 1. The minimum atomic E-state index is -0.988. The Morgan fingerprint density at radius 1 is 0.982 bits per heavy atom. The molecule has 8 heterocycles. The summed E-state index contributed by atoms with van der Waals surface area (Å²) >= 11 is 1.37. The molecule has 17 nitrogen and oxygen atoms in total. The number of primary amides is 1. The predicted octanol–water partition coefficient (Wildman–Crippen LogP) is 1.72. The summed E-state index contributed by atoms with van der Waals surface area (Å²) in [6, 6.07) is 6.22. The number of rotatable bonds is 9. The number of nitrogens with one attached hydrogen (secondary N) is 1. The molecule has 0 aliphatic carbocycles. The van der Waals surface area contributed by atoms with E-state index in [2.05, 4.69) is 29.4 Å². The number of fused-ring (bicyclic) bond motifs is 1. The van der Waals surface area contributed by atoms with Gasteiger partial charge >= 0.3 is 6.09 Å². The Morgan fingerprint density at radius 2 is 1.77 bits per heavy atom. The topological polar surface area (TPSA) is 205 Å². The Labute approximate surface area is 332 Å². The smallest absolute Gasteiger partial charge is 0.410 e. The number of nitrogens with zero attached hydrogens (tertiary/aromatic N) is 8. The quantitative estimate of drug-likeness (QED) is 0.297. The Bertz CT molecular complexity index is 2180. The highest BCUT2D eigenvalue weighted by molar-refractivity contribution is 7.05. The summed E-state index contributed by atoms with van der Waals surface area (Å²) in [5.74, 6) is -1.53. The van der Waals surface area contributed by atoms with Crippen LogP contribution in [0, 0.1) is 12.8 Å². The number of benzene rings is 1. The minimum Gasteiger partial charge on any atom is -0.438 e. The average Bonchev–Trinajstić information content (AvgIpc) is 3.84. The van der Waals surface area contributed by atoms with E-state index in [9.17, 15) is 28.8 Å². The van der Waals surface area contributed by atoms with Crippen molar-refractivity contribution in [2.45, 2.75) is 69.6 Å². The molecule has 1 spiro atoms. The number of hydrogen-bond acceptors (Lipinski definition) is 14. The fraction of sp³-hybridized carbons (Fsp3) is 0.513. The van der Waals surface area contributed by atoms with Gasteiger partial charge in [0.15, 0.2) is 5.60 Å². The molecule has 18 heteroatoms. The van der Waals surface area contributed by atoms with E-state index in [1.807, 2.05) is 24.0 Å². The number of likely N-dealkylation sites (tertiary alicyclic amines) is 1. The van der Waals surface area contributed by atoms with Crippen molar-refractivity contribution in [3.8, 4) is 0 Å². The second-order valence-corrected chi connectivity index (χ2v) is 17.1. The number of ether oxygens (including phenoxy) is 1. The van der Waals surface area contributed by atoms with E-state index in [1.165, 1.54) is 11.5 Å². The fourth-order valence-corrected chi connectivity index (χ4v) is 10.1. The van der Waals surface area contributed by atoms with Crippen molar-refractivity contribution >= 4 is 58.7 Å². The van der Waals surface area contributed by atoms with Gasteiger partial charge in [0.2, 0.25) is 11.8 Å². The van der Waals surface area contributed by atoms with Gasteiger partial charge in [-0.1, -0.05) is 0 Å². The molecule has 6 aliphatic rings. The van der Waals surface area contributed by atoms with Crippen LogP contribution in [0.3, 0.4) is 0 Å². The van der Waals surface area contributed by atoms with Crippen molar-refractivity contribution in [2.24, 2.45) is 11.7 Å². The average molecular weight is 797 g/mol. The first-order chi connectivity index (χ1) is 27.4. The number of aromatic nitrogens is 3. The van der Waals surface area contributed by atoms with Gasteiger partial charge in [-0.15, -0.1) is 0 Å². The van der Waals surface area contributed by atoms with Crippen LogP contribution in [0.1, 0.15) is 86.0 Å². The molecule has 57 heavy (non-hydrogen) atoms. The molecule has 9 rings (SSSR count). The maximum atomic E-state index is 13.3. The van der Waals surface area contributed by atoms with Crippen molar-refractivity contribution < 1.29 is 33.5 Å². The van der Waals surface area contributed by atoms with E-state index in [0.29, 0.717) is 50.0 Å². The third-order valence-electron chi connectivity index (χ3n) is 12.2. The zero-order chi connectivity index (χ0) is 39.6. The zero-order valence-corrected chi connectivity index (χ0v) is 32.5. The molecule has 5 fully saturated rings. The number of carbonyl (C=O) groups is 6. The Balaban J connectivity index is 0.768. The summed E-state index contributed by atoms with van der Waals surface area (Å²) < 4.78 is 10.4. The lowest BCUT2D eigenvalue weighted by atomic mass is 9.89. The summed E-state index contributed by atoms with van der Waals surface area (Å²) in [5.41, 5.74) is 8.13. The molecule has 5 saturated heterocycles. The molecular formula is C39H44N10O7S. The molecule has 0 bridgehead atoms. The molecule has 6 aliphatic heterocycles. The number of anilines is 2. The second-order valence-electron chi connectivity index (χ2n) is 16.2. The van der Waals surface area contributed by atoms with Gasteiger partial charge in [0.05, 0.1) is 41.3 Å². The summed E-state index contributed by atoms with van der Waals surface area (Å²) in [6.07, 6.45) is 5.56. The van der Waals surface area contributed by atoms with Crippen molar-refractivity contribution in [1.82, 2.24) is 34.4 Å². The number of piperidine rings is 3. The first kappa shape index (κ1) is 37.1. The Hall–Kier alpha value is -5.49. The minimum absolute atomic E-state index is 0.0395. The third-order valence-corrected chi connectivity index (χ3v) is 13.1. The van der Waals surface area contributed by atoms with Gasteiger partial charge in [-0.3, -0.25) is 44.0 Å². The molecule has 0 radical (unpaired) electrons. The molecule has 2 aromatic heterocycles. The first-order valence-electron chi connectivity index (χ1n) is 19.6. The van der Waals surface area contributed by atoms with Crippen molar-refractivity contribution in [2.75, 3.05) is 62.2 Å². The van der Waals surface area contributed by atoms with E-state index in [-0.39, 0.29) is 41.8 Å².